The van der Waals surface area contributed by atoms with Crippen molar-refractivity contribution in [3.8, 4) is 0 Å². The van der Waals surface area contributed by atoms with Crippen LogP contribution in [-0.4, -0.2) is 110 Å². The van der Waals surface area contributed by atoms with Gasteiger partial charge in [0.2, 0.25) is 0 Å². The fourth-order valence-electron chi connectivity index (χ4n) is 7.94. The minimum atomic E-state index is -1.64. The van der Waals surface area contributed by atoms with Gasteiger partial charge in [-0.1, -0.05) is 137 Å². The summed E-state index contributed by atoms with van der Waals surface area (Å²) in [5, 5.41) is 4.01. The first kappa shape index (κ1) is 60.5. The van der Waals surface area contributed by atoms with E-state index in [1.165, 1.54) is 57.1 Å². The summed E-state index contributed by atoms with van der Waals surface area (Å²) in [6, 6.07) is 23.3. The highest BCUT2D eigenvalue weighted by Crippen LogP contribution is 2.32. The molecule has 0 saturated carbocycles. The molecule has 0 amide bonds. The first-order valence-electron chi connectivity index (χ1n) is 25.9. The Bertz CT molecular complexity index is 2220. The van der Waals surface area contributed by atoms with Crippen molar-refractivity contribution in [2.45, 2.75) is 180 Å². The van der Waals surface area contributed by atoms with Gasteiger partial charge in [0.25, 0.3) is 0 Å². The Hall–Kier alpha value is -6.10. The molecule has 0 unspecified atom stereocenters. The lowest BCUT2D eigenvalue weighted by Gasteiger charge is -2.45. The van der Waals surface area contributed by atoms with Crippen LogP contribution < -0.4 is 0 Å². The van der Waals surface area contributed by atoms with Crippen LogP contribution in [0, 0.1) is 0 Å². The molecule has 17 heteroatoms. The largest absolute Gasteiger partial charge is 0.459 e. The zero-order valence-corrected chi connectivity index (χ0v) is 44.2. The average Bonchev–Trinajstić information content (AvgIpc) is 3.37. The summed E-state index contributed by atoms with van der Waals surface area (Å²) in [5.41, 5.74) is 8.73. The Labute approximate surface area is 436 Å². The molecule has 0 bridgehead atoms. The third-order valence-corrected chi connectivity index (χ3v) is 11.4. The van der Waals surface area contributed by atoms with Crippen molar-refractivity contribution in [2.75, 3.05) is 26.4 Å². The highest BCUT2D eigenvalue weighted by Gasteiger charge is 2.52. The molecule has 1 saturated heterocycles. The van der Waals surface area contributed by atoms with E-state index in [-0.39, 0.29) is 16.7 Å². The summed E-state index contributed by atoms with van der Waals surface area (Å²) in [4.78, 5) is 70.6. The van der Waals surface area contributed by atoms with Crippen LogP contribution in [0.25, 0.3) is 10.4 Å². The highest BCUT2D eigenvalue weighted by atomic mass is 16.7. The number of benzene rings is 3. The van der Waals surface area contributed by atoms with Crippen molar-refractivity contribution in [3.63, 3.8) is 0 Å². The Morgan fingerprint density at radius 2 is 1.09 bits per heavy atom. The van der Waals surface area contributed by atoms with Gasteiger partial charge in [0.1, 0.15) is 61.5 Å². The van der Waals surface area contributed by atoms with E-state index in [9.17, 15) is 29.5 Å². The number of rotatable bonds is 31. The van der Waals surface area contributed by atoms with E-state index in [1.54, 1.807) is 126 Å². The van der Waals surface area contributed by atoms with Gasteiger partial charge in [-0.05, 0) is 102 Å². The lowest BCUT2D eigenvalue weighted by Crippen LogP contribution is -2.63. The molecule has 0 aromatic heterocycles. The molecule has 0 aliphatic carbocycles. The summed E-state index contributed by atoms with van der Waals surface area (Å²) in [7, 11) is 0. The van der Waals surface area contributed by atoms with Crippen molar-refractivity contribution in [2.24, 2.45) is 5.11 Å². The van der Waals surface area contributed by atoms with E-state index >= 15 is 0 Å². The summed E-state index contributed by atoms with van der Waals surface area (Å²) < 4.78 is 54.4. The normalized spacial score (nSPS) is 18.6. The van der Waals surface area contributed by atoms with E-state index in [2.05, 4.69) is 16.9 Å². The Kier molecular flexibility index (Phi) is 26.4. The number of carbonyl (C=O) groups excluding carboxylic acids is 5. The molecule has 1 aliphatic heterocycles. The first-order valence-corrected chi connectivity index (χ1v) is 25.9. The number of azide groups is 1. The number of carbonyl (C=O) groups is 5. The molecule has 1 heterocycles. The highest BCUT2D eigenvalue weighted by molar-refractivity contribution is 5.90. The Morgan fingerprint density at radius 1 is 0.622 bits per heavy atom. The molecule has 3 aromatic carbocycles. The van der Waals surface area contributed by atoms with Crippen LogP contribution >= 0.6 is 0 Å². The summed E-state index contributed by atoms with van der Waals surface area (Å²) in [6.45, 7) is 9.88. The molecule has 1 aliphatic rings. The third-order valence-electron chi connectivity index (χ3n) is 11.4. The smallest absolute Gasteiger partial charge is 0.338 e. The average molecular weight is 1030 g/mol. The third kappa shape index (κ3) is 23.0. The molecule has 3 aromatic rings. The fraction of sp³-hybridized carbons (Fsp3) is 0.561. The topological polar surface area (TPSA) is 217 Å². The second-order valence-corrected chi connectivity index (χ2v) is 20.1. The molecular formula is C57H77N3O14. The number of hydrogen-bond donors (Lipinski definition) is 0. The molecule has 0 N–H and O–H groups in total. The SMILES string of the molecule is CCCCCCCCCCCCCC=C[C@@H](OC(=O)c1ccccc1)[C@H](CO[C@@H]1O[C@H](COC(=O)c2ccccc2)[C@H](OCC(=O)OC(C)(C)C)[C@H](OCC(=O)OC(C)(C)C)[C@H]1OC(=O)c1ccccc1)N=[N+]=[N-]. The van der Waals surface area contributed by atoms with Crippen LogP contribution in [0.1, 0.15) is 157 Å². The van der Waals surface area contributed by atoms with E-state index in [0.29, 0.717) is 6.42 Å². The number of esters is 5. The van der Waals surface area contributed by atoms with Gasteiger partial charge in [0, 0.05) is 4.91 Å². The van der Waals surface area contributed by atoms with Crippen LogP contribution in [0.4, 0.5) is 0 Å². The van der Waals surface area contributed by atoms with E-state index in [1.807, 2.05) is 6.08 Å². The van der Waals surface area contributed by atoms with Gasteiger partial charge in [-0.25, -0.2) is 24.0 Å². The zero-order chi connectivity index (χ0) is 53.8. The summed E-state index contributed by atoms with van der Waals surface area (Å²) in [6.07, 6.45) is 8.51. The quantitative estimate of drug-likeness (QED) is 0.0111. The minimum absolute atomic E-state index is 0.130. The van der Waals surface area contributed by atoms with Gasteiger partial charge < -0.3 is 42.6 Å². The van der Waals surface area contributed by atoms with Gasteiger partial charge in [0.05, 0.1) is 23.3 Å². The molecule has 7 atom stereocenters. The number of nitrogens with zero attached hydrogens (tertiary/aromatic N) is 3. The maximum atomic E-state index is 14.0. The predicted molar refractivity (Wildman–Crippen MR) is 277 cm³/mol. The maximum absolute atomic E-state index is 14.0. The Morgan fingerprint density at radius 3 is 1.59 bits per heavy atom. The molecule has 74 heavy (non-hydrogen) atoms. The van der Waals surface area contributed by atoms with Gasteiger partial charge >= 0.3 is 29.8 Å². The summed E-state index contributed by atoms with van der Waals surface area (Å²) >= 11 is 0. The fourth-order valence-corrected chi connectivity index (χ4v) is 7.94. The number of hydrogen-bond acceptors (Lipinski definition) is 15. The van der Waals surface area contributed by atoms with E-state index < -0.39 is 110 Å². The van der Waals surface area contributed by atoms with Crippen LogP contribution in [0.3, 0.4) is 0 Å². The molecule has 1 fully saturated rings. The second kappa shape index (κ2) is 32.3. The van der Waals surface area contributed by atoms with Gasteiger partial charge in [0.15, 0.2) is 12.4 Å². The van der Waals surface area contributed by atoms with E-state index in [4.69, 9.17) is 42.6 Å². The number of allylic oxidation sites excluding steroid dienone is 1. The molecular weight excluding hydrogens is 951 g/mol. The Balaban J connectivity index is 1.70. The monoisotopic (exact) mass is 1030 g/mol. The number of ether oxygens (including phenoxy) is 9. The minimum Gasteiger partial charge on any atom is -0.459 e. The van der Waals surface area contributed by atoms with Crippen LogP contribution in [-0.2, 0) is 52.2 Å². The molecule has 0 radical (unpaired) electrons. The number of unbranched alkanes of at least 4 members (excludes halogenated alkanes) is 11. The molecule has 0 spiro atoms. The van der Waals surface area contributed by atoms with Crippen LogP contribution in [0.5, 0.6) is 0 Å². The predicted octanol–water partition coefficient (Wildman–Crippen LogP) is 11.4. The van der Waals surface area contributed by atoms with Gasteiger partial charge in [-0.15, -0.1) is 0 Å². The zero-order valence-electron chi connectivity index (χ0n) is 44.2. The lowest BCUT2D eigenvalue weighted by molar-refractivity contribution is -0.313. The maximum Gasteiger partial charge on any atom is 0.338 e. The van der Waals surface area contributed by atoms with Crippen LogP contribution in [0.15, 0.2) is 108 Å². The molecule has 4 rings (SSSR count). The first-order chi connectivity index (χ1) is 35.5. The van der Waals surface area contributed by atoms with Gasteiger partial charge in [-0.2, -0.15) is 0 Å². The van der Waals surface area contributed by atoms with Crippen LogP contribution in [0.2, 0.25) is 0 Å². The van der Waals surface area contributed by atoms with E-state index in [0.717, 1.165) is 25.7 Å². The van der Waals surface area contributed by atoms with Crippen molar-refractivity contribution < 1.29 is 66.6 Å². The summed E-state index contributed by atoms with van der Waals surface area (Å²) in [5.74, 6) is -3.83. The standard InChI is InChI=1S/C57H77N3O14/c1-8-9-10-11-12-13-14-15-16-17-18-19-29-36-45(70-53(64)42-32-25-21-26-33-42)44(59-60-58)37-69-55-51(72-54(65)43-34-27-22-28-35-43)50(67-40-48(62)74-57(5,6)7)49(66-39-47(61)73-56(2,3)4)46(71-55)38-68-52(63)41-30-23-20-24-31-41/h20-36,44-46,49-51,55H,8-19,37-40H2,1-7H3/t44-,45+,46+,49-,50-,51+,55+/m0/s1. The van der Waals surface area contributed by atoms with Crippen molar-refractivity contribution >= 4 is 29.8 Å². The van der Waals surface area contributed by atoms with Crippen molar-refractivity contribution in [1.29, 1.82) is 0 Å². The molecule has 404 valence electrons. The molecule has 17 nitrogen and oxygen atoms in total. The second-order valence-electron chi connectivity index (χ2n) is 20.1. The van der Waals surface area contributed by atoms with Crippen molar-refractivity contribution in [1.82, 2.24) is 0 Å². The lowest BCUT2D eigenvalue weighted by atomic mass is 9.98. The van der Waals surface area contributed by atoms with Crippen molar-refractivity contribution in [3.05, 3.63) is 130 Å². The van der Waals surface area contributed by atoms with Gasteiger partial charge in [-0.3, -0.25) is 0 Å².